The molecule has 2 rings (SSSR count). The van der Waals surface area contributed by atoms with Crippen LogP contribution in [0.1, 0.15) is 25.2 Å². The maximum atomic E-state index is 11.8. The summed E-state index contributed by atoms with van der Waals surface area (Å²) in [5.41, 5.74) is 7.52. The number of aryl methyl sites for hydroxylation is 1. The van der Waals surface area contributed by atoms with Gasteiger partial charge in [0.1, 0.15) is 11.3 Å². The Morgan fingerprint density at radius 3 is 2.57 bits per heavy atom. The van der Waals surface area contributed by atoms with Gasteiger partial charge in [-0.1, -0.05) is 32.0 Å². The lowest BCUT2D eigenvalue weighted by atomic mass is 10.1. The van der Waals surface area contributed by atoms with E-state index in [-0.39, 0.29) is 30.8 Å². The maximum Gasteiger partial charge on any atom is 0.239 e. The molecule has 0 radical (unpaired) electrons. The van der Waals surface area contributed by atoms with E-state index in [9.17, 15) is 9.59 Å². The molecule has 0 aliphatic rings. The highest BCUT2D eigenvalue weighted by Gasteiger charge is 2.17. The van der Waals surface area contributed by atoms with Gasteiger partial charge in [-0.2, -0.15) is 0 Å². The fourth-order valence-electron chi connectivity index (χ4n) is 2.22. The fraction of sp³-hybridized carbons (Fsp3) is 0.412. The molecular formula is C17H23N3O3. The molecule has 0 bridgehead atoms. The van der Waals surface area contributed by atoms with Crippen LogP contribution in [0.15, 0.2) is 28.7 Å². The van der Waals surface area contributed by atoms with Crippen molar-refractivity contribution in [3.05, 3.63) is 35.6 Å². The van der Waals surface area contributed by atoms with Gasteiger partial charge in [0.15, 0.2) is 0 Å². The van der Waals surface area contributed by atoms with Crippen LogP contribution < -0.4 is 16.4 Å². The monoisotopic (exact) mass is 317 g/mol. The van der Waals surface area contributed by atoms with Crippen LogP contribution in [0.3, 0.4) is 0 Å². The molecule has 1 aromatic heterocycles. The molecule has 6 heteroatoms. The van der Waals surface area contributed by atoms with Crippen LogP contribution in [0.25, 0.3) is 11.0 Å². The first-order valence-electron chi connectivity index (χ1n) is 7.67. The van der Waals surface area contributed by atoms with E-state index < -0.39 is 6.04 Å². The molecule has 0 fully saturated rings. The van der Waals surface area contributed by atoms with Gasteiger partial charge in [-0.15, -0.1) is 0 Å². The van der Waals surface area contributed by atoms with E-state index in [0.29, 0.717) is 5.76 Å². The summed E-state index contributed by atoms with van der Waals surface area (Å²) in [7, 11) is 0. The van der Waals surface area contributed by atoms with E-state index >= 15 is 0 Å². The molecule has 1 heterocycles. The SMILES string of the molecule is Cc1c(CNC(=O)CNC(=O)[C@@H](N)C(C)C)oc2ccccc12. The van der Waals surface area contributed by atoms with Gasteiger partial charge >= 0.3 is 0 Å². The third-order valence-corrected chi connectivity index (χ3v) is 3.83. The van der Waals surface area contributed by atoms with Gasteiger partial charge in [-0.25, -0.2) is 0 Å². The van der Waals surface area contributed by atoms with Gasteiger partial charge < -0.3 is 20.8 Å². The largest absolute Gasteiger partial charge is 0.459 e. The van der Waals surface area contributed by atoms with Crippen molar-refractivity contribution in [2.45, 2.75) is 33.4 Å². The molecule has 0 unspecified atom stereocenters. The standard InChI is InChI=1S/C17H23N3O3/c1-10(2)16(18)17(22)20-9-15(21)19-8-14-11(3)12-6-4-5-7-13(12)23-14/h4-7,10,16H,8-9,18H2,1-3H3,(H,19,21)(H,20,22)/t16-/m0/s1. The van der Waals surface area contributed by atoms with E-state index in [1.807, 2.05) is 45.0 Å². The molecule has 124 valence electrons. The highest BCUT2D eigenvalue weighted by molar-refractivity contribution is 5.87. The topological polar surface area (TPSA) is 97.4 Å². The zero-order chi connectivity index (χ0) is 17.0. The van der Waals surface area contributed by atoms with Crippen LogP contribution in [-0.2, 0) is 16.1 Å². The quantitative estimate of drug-likeness (QED) is 0.751. The molecule has 4 N–H and O–H groups in total. The number of carbonyl (C=O) groups excluding carboxylic acids is 2. The molecule has 6 nitrogen and oxygen atoms in total. The molecule has 0 spiro atoms. The van der Waals surface area contributed by atoms with Crippen LogP contribution in [-0.4, -0.2) is 24.4 Å². The zero-order valence-corrected chi connectivity index (χ0v) is 13.7. The summed E-state index contributed by atoms with van der Waals surface area (Å²) in [4.78, 5) is 23.5. The second-order valence-electron chi connectivity index (χ2n) is 5.91. The molecule has 23 heavy (non-hydrogen) atoms. The minimum Gasteiger partial charge on any atom is -0.459 e. The summed E-state index contributed by atoms with van der Waals surface area (Å²) < 4.78 is 5.72. The van der Waals surface area contributed by atoms with Crippen LogP contribution in [0, 0.1) is 12.8 Å². The van der Waals surface area contributed by atoms with Crippen molar-refractivity contribution >= 4 is 22.8 Å². The number of nitrogens with two attached hydrogens (primary N) is 1. The number of amides is 2. The van der Waals surface area contributed by atoms with Crippen molar-refractivity contribution in [1.82, 2.24) is 10.6 Å². The highest BCUT2D eigenvalue weighted by Crippen LogP contribution is 2.24. The van der Waals surface area contributed by atoms with Crippen LogP contribution in [0.5, 0.6) is 0 Å². The van der Waals surface area contributed by atoms with E-state index in [2.05, 4.69) is 10.6 Å². The number of para-hydroxylation sites is 1. The van der Waals surface area contributed by atoms with Crippen LogP contribution in [0.2, 0.25) is 0 Å². The van der Waals surface area contributed by atoms with Crippen molar-refractivity contribution in [2.75, 3.05) is 6.54 Å². The Bertz CT molecular complexity index is 706. The zero-order valence-electron chi connectivity index (χ0n) is 13.7. The first-order chi connectivity index (χ1) is 10.9. The third-order valence-electron chi connectivity index (χ3n) is 3.83. The van der Waals surface area contributed by atoms with E-state index in [1.54, 1.807) is 0 Å². The van der Waals surface area contributed by atoms with E-state index in [0.717, 1.165) is 16.5 Å². The number of nitrogens with one attached hydrogen (secondary N) is 2. The number of furan rings is 1. The number of fused-ring (bicyclic) bond motifs is 1. The van der Waals surface area contributed by atoms with E-state index in [1.165, 1.54) is 0 Å². The first kappa shape index (κ1) is 17.0. The van der Waals surface area contributed by atoms with Crippen molar-refractivity contribution in [3.63, 3.8) is 0 Å². The Morgan fingerprint density at radius 1 is 1.22 bits per heavy atom. The number of hydrogen-bond donors (Lipinski definition) is 3. The summed E-state index contributed by atoms with van der Waals surface area (Å²) in [6.07, 6.45) is 0. The molecule has 2 amide bonds. The average Bonchev–Trinajstić information content (AvgIpc) is 2.86. The Labute approximate surface area is 135 Å². The van der Waals surface area contributed by atoms with Crippen molar-refractivity contribution < 1.29 is 14.0 Å². The highest BCUT2D eigenvalue weighted by atomic mass is 16.3. The lowest BCUT2D eigenvalue weighted by Gasteiger charge is -2.15. The van der Waals surface area contributed by atoms with Gasteiger partial charge in [0.25, 0.3) is 0 Å². The number of hydrogen-bond acceptors (Lipinski definition) is 4. The number of benzene rings is 1. The minimum absolute atomic E-state index is 0.0243. The average molecular weight is 317 g/mol. The summed E-state index contributed by atoms with van der Waals surface area (Å²) >= 11 is 0. The molecular weight excluding hydrogens is 294 g/mol. The molecule has 0 aliphatic carbocycles. The maximum absolute atomic E-state index is 11.8. The smallest absolute Gasteiger partial charge is 0.239 e. The third kappa shape index (κ3) is 4.10. The normalized spacial score (nSPS) is 12.4. The Kier molecular flexibility index (Phi) is 5.39. The van der Waals surface area contributed by atoms with Crippen LogP contribution in [0.4, 0.5) is 0 Å². The Hall–Kier alpha value is -2.34. The fourth-order valence-corrected chi connectivity index (χ4v) is 2.22. The molecule has 1 atom stereocenters. The Morgan fingerprint density at radius 2 is 1.91 bits per heavy atom. The van der Waals surface area contributed by atoms with Gasteiger partial charge in [0.2, 0.25) is 11.8 Å². The van der Waals surface area contributed by atoms with Crippen molar-refractivity contribution in [1.29, 1.82) is 0 Å². The molecule has 0 saturated carbocycles. The Balaban J connectivity index is 1.86. The molecule has 0 aliphatic heterocycles. The lowest BCUT2D eigenvalue weighted by molar-refractivity contribution is -0.127. The lowest BCUT2D eigenvalue weighted by Crippen LogP contribution is -2.47. The van der Waals surface area contributed by atoms with Crippen molar-refractivity contribution in [2.24, 2.45) is 11.7 Å². The number of carbonyl (C=O) groups is 2. The van der Waals surface area contributed by atoms with Crippen molar-refractivity contribution in [3.8, 4) is 0 Å². The predicted octanol–water partition coefficient (Wildman–Crippen LogP) is 1.46. The molecule has 2 aromatic rings. The molecule has 1 aromatic carbocycles. The van der Waals surface area contributed by atoms with Gasteiger partial charge in [-0.3, -0.25) is 9.59 Å². The molecule has 0 saturated heterocycles. The predicted molar refractivity (Wildman–Crippen MR) is 88.6 cm³/mol. The summed E-state index contributed by atoms with van der Waals surface area (Å²) in [6, 6.07) is 7.11. The van der Waals surface area contributed by atoms with Crippen LogP contribution >= 0.6 is 0 Å². The minimum atomic E-state index is -0.611. The summed E-state index contributed by atoms with van der Waals surface area (Å²) in [5, 5.41) is 6.31. The van der Waals surface area contributed by atoms with Gasteiger partial charge in [-0.05, 0) is 18.9 Å². The summed E-state index contributed by atoms with van der Waals surface area (Å²) in [6.45, 7) is 5.85. The second kappa shape index (κ2) is 7.28. The van der Waals surface area contributed by atoms with Gasteiger partial charge in [0, 0.05) is 10.9 Å². The second-order valence-corrected chi connectivity index (χ2v) is 5.91. The van der Waals surface area contributed by atoms with E-state index in [4.69, 9.17) is 10.2 Å². The summed E-state index contributed by atoms with van der Waals surface area (Å²) in [5.74, 6) is 0.130. The number of rotatable bonds is 6. The van der Waals surface area contributed by atoms with Gasteiger partial charge in [0.05, 0.1) is 19.1 Å². The first-order valence-corrected chi connectivity index (χ1v) is 7.67.